The van der Waals surface area contributed by atoms with Gasteiger partial charge >= 0.3 is 0 Å². The van der Waals surface area contributed by atoms with Gasteiger partial charge in [0, 0.05) is 96.2 Å². The van der Waals surface area contributed by atoms with E-state index in [0.29, 0.717) is 0 Å². The quantitative estimate of drug-likeness (QED) is 0.156. The molecule has 4 aromatic heterocycles. The van der Waals surface area contributed by atoms with Crippen LogP contribution >= 0.6 is 0 Å². The molecule has 0 saturated carbocycles. The van der Waals surface area contributed by atoms with E-state index in [-0.39, 0.29) is 75.2 Å². The Hall–Kier alpha value is -6.13. The molecule has 7 heteroatoms. The number of pyridine rings is 4. The van der Waals surface area contributed by atoms with Crippen LogP contribution in [0.1, 0.15) is 37.1 Å². The van der Waals surface area contributed by atoms with Gasteiger partial charge in [-0.3, -0.25) is 4.98 Å². The van der Waals surface area contributed by atoms with Gasteiger partial charge in [-0.15, -0.1) is 108 Å². The summed E-state index contributed by atoms with van der Waals surface area (Å²) in [7, 11) is 0. The van der Waals surface area contributed by atoms with Crippen molar-refractivity contribution < 1.29 is 60.3 Å². The van der Waals surface area contributed by atoms with Crippen molar-refractivity contribution in [3.8, 4) is 67.3 Å². The van der Waals surface area contributed by atoms with Crippen LogP contribution in [0.2, 0.25) is 0 Å². The van der Waals surface area contributed by atoms with Crippen LogP contribution in [0.25, 0.3) is 67.3 Å². The first kappa shape index (κ1) is 59.0. The molecular weight excluding hydrogens is 1380 g/mol. The standard InChI is InChI=1S/C18H15N.C18H14N.2C12H10N.2CH4.3Ir/c2*1-14-7-5-6-10-17(14)16-11-12-18(19-13-16)15-8-3-2-4-9-15;2*1-10-7-8-12(13-9-10)11-5-3-2-4-6-11;;;;;/h2-13H,1H3;2-8,10-13H,1H3;2*2-5,7-9H,1H3;2*1H4;;;/q;3*-1;;;;;. The minimum absolute atomic E-state index is 0. The van der Waals surface area contributed by atoms with Gasteiger partial charge in [0.1, 0.15) is 0 Å². The summed E-state index contributed by atoms with van der Waals surface area (Å²) in [6.45, 7) is 8.31. The molecule has 3 radical (unpaired) electrons. The van der Waals surface area contributed by atoms with Gasteiger partial charge in [-0.05, 0) is 89.8 Å². The molecule has 0 fully saturated rings. The summed E-state index contributed by atoms with van der Waals surface area (Å²) in [5.41, 5.74) is 17.9. The SMILES string of the molecule is C.C.Cc1ccc(-c2[c-]cccc2)nc1.Cc1ccc(-c2[c-]cccc2)nc1.Cc1ccccc1-c1ccc(-c2[c-]cccc2)nc1.Cc1ccccc1-c1ccc(-c2ccccc2)nc1.[Ir].[Ir].[Ir]. The van der Waals surface area contributed by atoms with E-state index in [1.54, 1.807) is 0 Å². The van der Waals surface area contributed by atoms with E-state index >= 15 is 0 Å². The number of nitrogens with zero attached hydrogens (tertiary/aromatic N) is 4. The first-order valence-electron chi connectivity index (χ1n) is 21.3. The third kappa shape index (κ3) is 17.7. The van der Waals surface area contributed by atoms with Gasteiger partial charge in [-0.1, -0.05) is 136 Å². The van der Waals surface area contributed by atoms with E-state index in [9.17, 15) is 0 Å². The zero-order valence-electron chi connectivity index (χ0n) is 37.7. The second-order valence-electron chi connectivity index (χ2n) is 15.1. The third-order valence-corrected chi connectivity index (χ3v) is 10.3. The minimum Gasteiger partial charge on any atom is -0.304 e. The molecule has 4 nitrogen and oxygen atoms in total. The fraction of sp³-hybridized carbons (Fsp3) is 0.0968. The summed E-state index contributed by atoms with van der Waals surface area (Å²) in [5, 5.41) is 0. The van der Waals surface area contributed by atoms with Crippen molar-refractivity contribution in [1.29, 1.82) is 0 Å². The minimum atomic E-state index is 0. The molecule has 0 unspecified atom stereocenters. The van der Waals surface area contributed by atoms with Gasteiger partial charge in [0.25, 0.3) is 0 Å². The Balaban J connectivity index is 0.000000313. The Bertz CT molecular complexity index is 2710. The zero-order valence-corrected chi connectivity index (χ0v) is 44.8. The van der Waals surface area contributed by atoms with E-state index in [1.165, 1.54) is 33.4 Å². The molecule has 0 atom stereocenters. The van der Waals surface area contributed by atoms with Crippen molar-refractivity contribution in [3.05, 3.63) is 265 Å². The predicted molar refractivity (Wildman–Crippen MR) is 278 cm³/mol. The van der Waals surface area contributed by atoms with Gasteiger partial charge in [0.05, 0.1) is 5.69 Å². The third-order valence-electron chi connectivity index (χ3n) is 10.3. The zero-order chi connectivity index (χ0) is 44.4. The molecule has 6 aromatic carbocycles. The van der Waals surface area contributed by atoms with Crippen molar-refractivity contribution in [3.63, 3.8) is 0 Å². The van der Waals surface area contributed by atoms with Crippen LogP contribution in [0.5, 0.6) is 0 Å². The first-order chi connectivity index (χ1) is 31.4. The van der Waals surface area contributed by atoms with Crippen LogP contribution in [-0.2, 0) is 60.3 Å². The van der Waals surface area contributed by atoms with Gasteiger partial charge in [-0.2, -0.15) is 0 Å². The predicted octanol–water partition coefficient (Wildman–Crippen LogP) is 16.2. The van der Waals surface area contributed by atoms with E-state index in [1.807, 2.05) is 148 Å². The number of hydrogen-bond acceptors (Lipinski definition) is 4. The molecule has 0 aliphatic heterocycles. The maximum Gasteiger partial charge on any atom is 0.0702 e. The Morgan fingerprint density at radius 1 is 0.290 bits per heavy atom. The van der Waals surface area contributed by atoms with Crippen molar-refractivity contribution in [2.45, 2.75) is 42.5 Å². The molecule has 0 bridgehead atoms. The summed E-state index contributed by atoms with van der Waals surface area (Å²) in [5.74, 6) is 0. The Kier molecular flexibility index (Phi) is 26.6. The Labute approximate surface area is 451 Å². The van der Waals surface area contributed by atoms with Crippen LogP contribution in [-0.4, -0.2) is 19.9 Å². The average molecular weight is 1430 g/mol. The maximum absolute atomic E-state index is 4.57. The number of hydrogen-bond donors (Lipinski definition) is 0. The largest absolute Gasteiger partial charge is 0.304 e. The fourth-order valence-electron chi connectivity index (χ4n) is 6.75. The van der Waals surface area contributed by atoms with E-state index < -0.39 is 0 Å². The number of benzene rings is 6. The van der Waals surface area contributed by atoms with Crippen molar-refractivity contribution >= 4 is 0 Å². The number of rotatable bonds is 6. The van der Waals surface area contributed by atoms with E-state index in [2.05, 4.69) is 143 Å². The average Bonchev–Trinajstić information content (AvgIpc) is 3.37. The van der Waals surface area contributed by atoms with Crippen molar-refractivity contribution in [2.24, 2.45) is 0 Å². The van der Waals surface area contributed by atoms with Crippen LogP contribution in [0.3, 0.4) is 0 Å². The summed E-state index contributed by atoms with van der Waals surface area (Å²) in [6.07, 6.45) is 7.62. The molecule has 0 amide bonds. The first-order valence-corrected chi connectivity index (χ1v) is 21.3. The molecule has 10 rings (SSSR count). The van der Waals surface area contributed by atoms with Crippen LogP contribution in [0, 0.1) is 45.9 Å². The summed E-state index contributed by atoms with van der Waals surface area (Å²) >= 11 is 0. The molecule has 0 spiro atoms. The molecule has 4 heterocycles. The maximum atomic E-state index is 4.57. The number of aromatic nitrogens is 4. The van der Waals surface area contributed by atoms with Gasteiger partial charge in [-0.25, -0.2) is 0 Å². The van der Waals surface area contributed by atoms with Crippen LogP contribution in [0.4, 0.5) is 0 Å². The van der Waals surface area contributed by atoms with Crippen molar-refractivity contribution in [2.75, 3.05) is 0 Å². The van der Waals surface area contributed by atoms with Gasteiger partial charge in [0.2, 0.25) is 0 Å². The molecule has 355 valence electrons. The molecular formula is C62H57Ir3N4-3. The van der Waals surface area contributed by atoms with E-state index in [4.69, 9.17) is 0 Å². The van der Waals surface area contributed by atoms with Gasteiger partial charge in [0.15, 0.2) is 0 Å². The molecule has 0 N–H and O–H groups in total. The van der Waals surface area contributed by atoms with E-state index in [0.717, 1.165) is 56.2 Å². The van der Waals surface area contributed by atoms with Crippen molar-refractivity contribution in [1.82, 2.24) is 19.9 Å². The molecule has 0 aliphatic rings. The smallest absolute Gasteiger partial charge is 0.0702 e. The summed E-state index contributed by atoms with van der Waals surface area (Å²) < 4.78 is 0. The second-order valence-corrected chi connectivity index (χ2v) is 15.1. The Morgan fingerprint density at radius 3 is 0.942 bits per heavy atom. The normalized spacial score (nSPS) is 9.45. The topological polar surface area (TPSA) is 51.6 Å². The van der Waals surface area contributed by atoms with Gasteiger partial charge < -0.3 is 15.0 Å². The summed E-state index contributed by atoms with van der Waals surface area (Å²) in [6, 6.07) is 76.6. The fourth-order valence-corrected chi connectivity index (χ4v) is 6.75. The second kappa shape index (κ2) is 31.1. The monoisotopic (exact) mass is 1440 g/mol. The Morgan fingerprint density at radius 2 is 0.623 bits per heavy atom. The molecule has 69 heavy (non-hydrogen) atoms. The number of aryl methyl sites for hydroxylation is 4. The van der Waals surface area contributed by atoms with Crippen LogP contribution < -0.4 is 0 Å². The molecule has 10 aromatic rings. The van der Waals surface area contributed by atoms with Crippen LogP contribution in [0.15, 0.2) is 225 Å². The molecule has 0 saturated heterocycles. The molecule has 0 aliphatic carbocycles. The summed E-state index contributed by atoms with van der Waals surface area (Å²) in [4.78, 5) is 17.7.